The quantitative estimate of drug-likeness (QED) is 0.455. The Kier molecular flexibility index (Phi) is 0.353. The van der Waals surface area contributed by atoms with Gasteiger partial charge in [-0.05, 0) is 20.6 Å². The molecule has 0 saturated carbocycles. The molecule has 0 bridgehead atoms. The Balaban J connectivity index is 6.24. The topological polar surface area (TPSA) is 26.3 Å². The maximum absolute atomic E-state index is 11.5. The summed E-state index contributed by atoms with van der Waals surface area (Å²) in [5, 5.41) is 0. The van der Waals surface area contributed by atoms with Crippen LogP contribution >= 0.6 is 0 Å². The first-order chi connectivity index (χ1) is 7.23. The monoisotopic (exact) mass is 125 g/mol. The minimum atomic E-state index is -3.55. The highest BCUT2D eigenvalue weighted by Crippen LogP contribution is 2.13. The van der Waals surface area contributed by atoms with Gasteiger partial charge in [-0.25, -0.2) is 0 Å². The van der Waals surface area contributed by atoms with Crippen molar-refractivity contribution < 1.29 is 21.9 Å². The molecule has 0 aliphatic rings. The summed E-state index contributed by atoms with van der Waals surface area (Å²) in [4.78, 5) is 11.5. The fraction of sp³-hybridized carbons (Fsp3) is 0.833. The third kappa shape index (κ3) is 1.96. The summed E-state index contributed by atoms with van der Waals surface area (Å²) in [5.74, 6) is -1.79. The van der Waals surface area contributed by atoms with E-state index in [0.29, 0.717) is 0 Å². The molecule has 2 nitrogen and oxygen atoms in total. The third-order valence-electron chi connectivity index (χ3n) is 0.492. The molecule has 48 valence electrons. The summed E-state index contributed by atoms with van der Waals surface area (Å²) in [6, 6.07) is 0. The van der Waals surface area contributed by atoms with Crippen molar-refractivity contribution in [1.82, 2.24) is 0 Å². The molecule has 2 heteroatoms. The van der Waals surface area contributed by atoms with Crippen molar-refractivity contribution >= 4 is 5.97 Å². The van der Waals surface area contributed by atoms with Gasteiger partial charge in [0.15, 0.2) is 0 Å². The molecule has 0 aromatic rings. The number of carbonyl (C=O) groups is 1. The summed E-state index contributed by atoms with van der Waals surface area (Å²) in [6.45, 7) is -10.6. The molecule has 0 spiro atoms. The normalized spacial score (nSPS) is 32.4. The first-order valence-corrected chi connectivity index (χ1v) is 1.82. The maximum Gasteiger partial charge on any atom is 0.310 e. The zero-order chi connectivity index (χ0) is 14.3. The van der Waals surface area contributed by atoms with Gasteiger partial charge in [0.25, 0.3) is 0 Å². The number of carbonyl (C=O) groups excluding carboxylic acids is 1. The van der Waals surface area contributed by atoms with E-state index in [9.17, 15) is 4.79 Å². The number of ether oxygens (including phenoxy) is 1. The SMILES string of the molecule is [2H]C([2H])([2H])C(C(=O)OC)(C([2H])([2H])[2H])C([2H])([2H])[2H]. The fourth-order valence-electron chi connectivity index (χ4n) is 0.153. The molecule has 0 N–H and O–H groups in total. The van der Waals surface area contributed by atoms with Crippen molar-refractivity contribution in [3.63, 3.8) is 0 Å². The second-order valence-electron chi connectivity index (χ2n) is 1.24. The molecule has 0 rings (SSSR count). The summed E-state index contributed by atoms with van der Waals surface area (Å²) in [5.41, 5.74) is -3.54. The lowest BCUT2D eigenvalue weighted by Gasteiger charge is -2.13. The van der Waals surface area contributed by atoms with Gasteiger partial charge in [-0.15, -0.1) is 0 Å². The number of rotatable bonds is 0. The van der Waals surface area contributed by atoms with Crippen molar-refractivity contribution in [3.8, 4) is 0 Å². The van der Waals surface area contributed by atoms with Gasteiger partial charge in [-0.3, -0.25) is 4.79 Å². The van der Waals surface area contributed by atoms with Crippen LogP contribution in [0.15, 0.2) is 0 Å². The minimum Gasteiger partial charge on any atom is -0.469 e. The Hall–Kier alpha value is -0.530. The summed E-state index contributed by atoms with van der Waals surface area (Å²) in [7, 11) is 0.736. The van der Waals surface area contributed by atoms with Crippen LogP contribution in [0.1, 0.15) is 32.9 Å². The molecule has 0 fully saturated rings. The first kappa shape index (κ1) is 1.31. The minimum absolute atomic E-state index is 0.736. The second kappa shape index (κ2) is 2.16. The van der Waals surface area contributed by atoms with Crippen molar-refractivity contribution in [2.45, 2.75) is 20.6 Å². The lowest BCUT2D eigenvalue weighted by Crippen LogP contribution is -2.21. The van der Waals surface area contributed by atoms with Crippen LogP contribution in [-0.2, 0) is 9.53 Å². The molecule has 0 unspecified atom stereocenters. The van der Waals surface area contributed by atoms with Gasteiger partial charge >= 0.3 is 5.97 Å². The predicted molar refractivity (Wildman–Crippen MR) is 31.5 cm³/mol. The van der Waals surface area contributed by atoms with Crippen molar-refractivity contribution in [2.24, 2.45) is 5.41 Å². The first-order valence-electron chi connectivity index (χ1n) is 6.32. The van der Waals surface area contributed by atoms with Gasteiger partial charge in [0.05, 0.1) is 12.5 Å². The van der Waals surface area contributed by atoms with Crippen molar-refractivity contribution in [3.05, 3.63) is 0 Å². The molecule has 0 aliphatic carbocycles. The Morgan fingerprint density at radius 3 is 2.25 bits per heavy atom. The Labute approximate surface area is 62.5 Å². The molecule has 0 radical (unpaired) electrons. The van der Waals surface area contributed by atoms with E-state index in [1.165, 1.54) is 0 Å². The van der Waals surface area contributed by atoms with E-state index in [0.717, 1.165) is 7.11 Å². The van der Waals surface area contributed by atoms with E-state index in [-0.39, 0.29) is 0 Å². The fourth-order valence-corrected chi connectivity index (χ4v) is 0.153. The van der Waals surface area contributed by atoms with E-state index >= 15 is 0 Å². The molecule has 0 heterocycles. The zero-order valence-electron chi connectivity index (χ0n) is 13.3. The van der Waals surface area contributed by atoms with Crippen LogP contribution in [0.2, 0.25) is 0 Å². The van der Waals surface area contributed by atoms with Gasteiger partial charge in [0.2, 0.25) is 0 Å². The Morgan fingerprint density at radius 2 is 2.12 bits per heavy atom. The molecular weight excluding hydrogens is 104 g/mol. The standard InChI is InChI=1S/C6H12O2/c1-6(2,3)5(7)8-4/h1-4H3/i1D3,2D3,3D3. The number of methoxy groups -OCH3 is 1. The molecule has 0 aromatic carbocycles. The summed E-state index contributed by atoms with van der Waals surface area (Å²) >= 11 is 0. The van der Waals surface area contributed by atoms with Crippen LogP contribution in [0.4, 0.5) is 0 Å². The molecular formula is C6H12O2. The van der Waals surface area contributed by atoms with Crippen LogP contribution in [0.25, 0.3) is 0 Å². The van der Waals surface area contributed by atoms with Gasteiger partial charge < -0.3 is 4.74 Å². The van der Waals surface area contributed by atoms with E-state index in [1.54, 1.807) is 0 Å². The average Bonchev–Trinajstić information content (AvgIpc) is 1.95. The third-order valence-corrected chi connectivity index (χ3v) is 0.492. The van der Waals surface area contributed by atoms with E-state index in [4.69, 9.17) is 12.3 Å². The molecule has 0 amide bonds. The molecule has 0 atom stereocenters. The Morgan fingerprint density at radius 1 is 1.62 bits per heavy atom. The van der Waals surface area contributed by atoms with Crippen LogP contribution in [0.3, 0.4) is 0 Å². The lowest BCUT2D eigenvalue weighted by molar-refractivity contribution is -0.149. The highest BCUT2D eigenvalue weighted by atomic mass is 16.5. The van der Waals surface area contributed by atoms with Crippen LogP contribution in [0.5, 0.6) is 0 Å². The largest absolute Gasteiger partial charge is 0.469 e. The van der Waals surface area contributed by atoms with Gasteiger partial charge in [0, 0.05) is 12.3 Å². The highest BCUT2D eigenvalue weighted by molar-refractivity contribution is 5.75. The maximum atomic E-state index is 11.5. The Bertz CT molecular complexity index is 260. The molecule has 8 heavy (non-hydrogen) atoms. The average molecular weight is 125 g/mol. The van der Waals surface area contributed by atoms with Gasteiger partial charge in [-0.2, -0.15) is 0 Å². The summed E-state index contributed by atoms with van der Waals surface area (Å²) in [6.07, 6.45) is 0. The lowest BCUT2D eigenvalue weighted by atomic mass is 9.98. The second-order valence-corrected chi connectivity index (χ2v) is 1.24. The van der Waals surface area contributed by atoms with E-state index in [1.807, 2.05) is 0 Å². The van der Waals surface area contributed by atoms with Crippen LogP contribution in [-0.4, -0.2) is 13.1 Å². The van der Waals surface area contributed by atoms with Crippen LogP contribution in [0, 0.1) is 5.41 Å². The molecule has 0 aromatic heterocycles. The van der Waals surface area contributed by atoms with Crippen molar-refractivity contribution in [2.75, 3.05) is 7.11 Å². The number of esters is 1. The van der Waals surface area contributed by atoms with Gasteiger partial charge in [-0.1, -0.05) is 0 Å². The highest BCUT2D eigenvalue weighted by Gasteiger charge is 2.21. The zero-order valence-corrected chi connectivity index (χ0v) is 4.32. The summed E-state index contributed by atoms with van der Waals surface area (Å²) < 4.78 is 67.9. The van der Waals surface area contributed by atoms with Crippen LogP contribution < -0.4 is 0 Å². The van der Waals surface area contributed by atoms with E-state index in [2.05, 4.69) is 4.74 Å². The smallest absolute Gasteiger partial charge is 0.310 e. The predicted octanol–water partition coefficient (Wildman–Crippen LogP) is 1.21. The van der Waals surface area contributed by atoms with E-state index < -0.39 is 31.9 Å². The van der Waals surface area contributed by atoms with Crippen molar-refractivity contribution in [1.29, 1.82) is 0 Å². The van der Waals surface area contributed by atoms with Gasteiger partial charge in [0.1, 0.15) is 0 Å². The molecule has 0 aliphatic heterocycles. The number of hydrogen-bond acceptors (Lipinski definition) is 2. The number of hydrogen-bond donors (Lipinski definition) is 0. The molecule has 0 saturated heterocycles.